The number of rotatable bonds is 11. The van der Waals surface area contributed by atoms with Crippen molar-refractivity contribution in [2.75, 3.05) is 81.9 Å². The number of halogens is 3. The Bertz CT molecular complexity index is 2730. The summed E-state index contributed by atoms with van der Waals surface area (Å²) in [5.74, 6) is 3.73. The van der Waals surface area contributed by atoms with Crippen molar-refractivity contribution in [1.82, 2.24) is 35.4 Å². The predicted molar refractivity (Wildman–Crippen MR) is 258 cm³/mol. The van der Waals surface area contributed by atoms with Crippen molar-refractivity contribution in [3.63, 3.8) is 0 Å². The highest BCUT2D eigenvalue weighted by Gasteiger charge is 2.35. The first-order valence-corrected chi connectivity index (χ1v) is 24.7. The minimum Gasteiger partial charge on any atom is -0.508 e. The Morgan fingerprint density at radius 1 is 0.851 bits per heavy atom. The fraction of sp³-hybridized carbons (Fsp3) is 0.500. The standard InChI is InChI=1S/C52H58ClF2N9O3/c1-2-38-43(54)7-3-34-24-37(65)25-40(45(34)38)48-47(55)49-42(27-56-48)50(64-29-35-4-5-36(30-64)58-35)60-52(59-49)67-22-21-61-15-9-31(10-16-61)23-32-11-17-62(18-12-32)28-33-13-19-63(20-14-33)44-8-6-39-41(46(44)53)26-57-51(39)66/h1,3,6-8,24-25,27,31-33,35-36,58,65H,4-5,9-23,26,28-30H2,(H,57,66). The summed E-state index contributed by atoms with van der Waals surface area (Å²) in [5.41, 5.74) is 2.81. The number of nitrogens with one attached hydrogen (secondary N) is 2. The van der Waals surface area contributed by atoms with Gasteiger partial charge in [-0.1, -0.05) is 23.6 Å². The van der Waals surface area contributed by atoms with Crippen LogP contribution in [0.15, 0.2) is 42.6 Å². The Morgan fingerprint density at radius 3 is 2.30 bits per heavy atom. The van der Waals surface area contributed by atoms with E-state index in [9.17, 15) is 14.3 Å². The number of phenols is 1. The van der Waals surface area contributed by atoms with Gasteiger partial charge in [-0.05, 0) is 137 Å². The zero-order valence-electron chi connectivity index (χ0n) is 37.9. The van der Waals surface area contributed by atoms with Crippen LogP contribution in [0.1, 0.15) is 79.3 Å². The lowest BCUT2D eigenvalue weighted by Gasteiger charge is -2.40. The molecule has 8 heterocycles. The van der Waals surface area contributed by atoms with Crippen LogP contribution in [-0.4, -0.2) is 120 Å². The Labute approximate surface area is 395 Å². The van der Waals surface area contributed by atoms with Gasteiger partial charge in [-0.3, -0.25) is 14.7 Å². The third-order valence-electron chi connectivity index (χ3n) is 15.7. The number of aromatic nitrogens is 3. The van der Waals surface area contributed by atoms with E-state index in [1.807, 2.05) is 12.1 Å². The van der Waals surface area contributed by atoms with Gasteiger partial charge < -0.3 is 35.2 Å². The first-order chi connectivity index (χ1) is 32.6. The number of phenolic OH excluding ortho intramolecular Hbond substituents is 1. The number of amides is 1. The quantitative estimate of drug-likeness (QED) is 0.113. The van der Waals surface area contributed by atoms with Gasteiger partial charge in [0.25, 0.3) is 5.91 Å². The van der Waals surface area contributed by atoms with Crippen molar-refractivity contribution < 1.29 is 23.4 Å². The van der Waals surface area contributed by atoms with Crippen LogP contribution in [0, 0.1) is 41.7 Å². The molecule has 15 heteroatoms. The topological polar surface area (TPSA) is 122 Å². The summed E-state index contributed by atoms with van der Waals surface area (Å²) in [6.45, 7) is 10.6. The van der Waals surface area contributed by atoms with Gasteiger partial charge in [0.05, 0.1) is 21.7 Å². The molecule has 5 aromatic rings. The second-order valence-electron chi connectivity index (χ2n) is 19.9. The predicted octanol–water partition coefficient (Wildman–Crippen LogP) is 7.76. The van der Waals surface area contributed by atoms with Gasteiger partial charge in [-0.2, -0.15) is 9.97 Å². The fourth-order valence-electron chi connectivity index (χ4n) is 12.0. The molecule has 350 valence electrons. The molecule has 0 spiro atoms. The monoisotopic (exact) mass is 929 g/mol. The van der Waals surface area contributed by atoms with Crippen LogP contribution in [0.25, 0.3) is 32.9 Å². The number of terminal acetylenes is 1. The lowest BCUT2D eigenvalue weighted by Crippen LogP contribution is -2.51. The van der Waals surface area contributed by atoms with E-state index in [4.69, 9.17) is 27.7 Å². The molecule has 5 saturated heterocycles. The summed E-state index contributed by atoms with van der Waals surface area (Å²) < 4.78 is 38.3. The van der Waals surface area contributed by atoms with Gasteiger partial charge in [0.1, 0.15) is 35.2 Å². The maximum absolute atomic E-state index is 17.0. The van der Waals surface area contributed by atoms with Gasteiger partial charge in [0, 0.05) is 86.2 Å². The van der Waals surface area contributed by atoms with Gasteiger partial charge in [0.2, 0.25) is 0 Å². The van der Waals surface area contributed by atoms with Crippen LogP contribution >= 0.6 is 11.6 Å². The number of benzene rings is 3. The maximum Gasteiger partial charge on any atom is 0.319 e. The molecule has 12 nitrogen and oxygen atoms in total. The molecule has 2 bridgehead atoms. The molecule has 2 atom stereocenters. The summed E-state index contributed by atoms with van der Waals surface area (Å²) in [6, 6.07) is 10.3. The van der Waals surface area contributed by atoms with E-state index in [1.54, 1.807) is 6.20 Å². The number of pyridine rings is 1. The third-order valence-corrected chi connectivity index (χ3v) is 16.1. The first kappa shape index (κ1) is 44.2. The van der Waals surface area contributed by atoms with E-state index in [-0.39, 0.29) is 40.0 Å². The zero-order valence-corrected chi connectivity index (χ0v) is 38.6. The third kappa shape index (κ3) is 8.84. The number of ether oxygens (including phenoxy) is 1. The molecule has 0 saturated carbocycles. The van der Waals surface area contributed by atoms with E-state index in [0.717, 1.165) is 99.6 Å². The molecule has 1 amide bonds. The molecule has 5 fully saturated rings. The Hall–Kier alpha value is -5.33. The second kappa shape index (κ2) is 18.6. The van der Waals surface area contributed by atoms with Gasteiger partial charge in [-0.15, -0.1) is 6.42 Å². The molecule has 2 aromatic heterocycles. The molecule has 3 aromatic carbocycles. The molecule has 6 aliphatic heterocycles. The number of likely N-dealkylation sites (tertiary alicyclic amines) is 2. The number of nitrogens with zero attached hydrogens (tertiary/aromatic N) is 7. The Morgan fingerprint density at radius 2 is 1.57 bits per heavy atom. The summed E-state index contributed by atoms with van der Waals surface area (Å²) in [6.07, 6.45) is 18.0. The number of fused-ring (bicyclic) bond motifs is 5. The van der Waals surface area contributed by atoms with Crippen LogP contribution in [0.4, 0.5) is 20.3 Å². The van der Waals surface area contributed by atoms with E-state index in [1.165, 1.54) is 76.0 Å². The number of hydrogen-bond acceptors (Lipinski definition) is 11. The van der Waals surface area contributed by atoms with Crippen LogP contribution in [-0.2, 0) is 6.54 Å². The Kier molecular flexibility index (Phi) is 12.3. The highest BCUT2D eigenvalue weighted by atomic mass is 35.5. The van der Waals surface area contributed by atoms with E-state index in [2.05, 4.69) is 46.1 Å². The molecular formula is C52H58ClF2N9O3. The largest absolute Gasteiger partial charge is 0.508 e. The van der Waals surface area contributed by atoms with Gasteiger partial charge >= 0.3 is 6.01 Å². The van der Waals surface area contributed by atoms with Crippen molar-refractivity contribution in [2.24, 2.45) is 17.8 Å². The number of carbonyl (C=O) groups is 1. The molecule has 67 heavy (non-hydrogen) atoms. The lowest BCUT2D eigenvalue weighted by molar-refractivity contribution is 0.0965. The Balaban J connectivity index is 0.687. The summed E-state index contributed by atoms with van der Waals surface area (Å²) in [4.78, 5) is 35.9. The number of anilines is 2. The molecule has 11 rings (SSSR count). The zero-order chi connectivity index (χ0) is 45.8. The minimum atomic E-state index is -0.718. The number of carbonyl (C=O) groups excluding carboxylic acids is 1. The van der Waals surface area contributed by atoms with Crippen molar-refractivity contribution >= 4 is 50.7 Å². The van der Waals surface area contributed by atoms with Crippen LogP contribution in [0.2, 0.25) is 5.02 Å². The van der Waals surface area contributed by atoms with Crippen LogP contribution in [0.3, 0.4) is 0 Å². The summed E-state index contributed by atoms with van der Waals surface area (Å²) in [5, 5.41) is 19.2. The van der Waals surface area contributed by atoms with Crippen molar-refractivity contribution in [3.8, 4) is 35.4 Å². The van der Waals surface area contributed by atoms with E-state index < -0.39 is 11.6 Å². The number of piperazine rings is 1. The summed E-state index contributed by atoms with van der Waals surface area (Å²) in [7, 11) is 0. The molecule has 0 radical (unpaired) electrons. The minimum absolute atomic E-state index is 0.0278. The SMILES string of the molecule is C#Cc1c(F)ccc2cc(O)cc(-c3ncc4c(N5CC6CCC(C5)N6)nc(OCCN5CCC(CC6CCN(CC7CCN(c8ccc9c(c8Cl)CNC9=O)CC7)CC6)CC5)nc4c3F)c12. The van der Waals surface area contributed by atoms with E-state index in [0.29, 0.717) is 58.7 Å². The van der Waals surface area contributed by atoms with Crippen molar-refractivity contribution in [2.45, 2.75) is 76.4 Å². The first-order valence-electron chi connectivity index (χ1n) is 24.4. The molecule has 2 unspecified atom stereocenters. The number of piperidine rings is 3. The van der Waals surface area contributed by atoms with Gasteiger partial charge in [0.15, 0.2) is 5.82 Å². The van der Waals surface area contributed by atoms with Crippen LogP contribution in [0.5, 0.6) is 11.8 Å². The second-order valence-corrected chi connectivity index (χ2v) is 20.2. The molecular weight excluding hydrogens is 872 g/mol. The smallest absolute Gasteiger partial charge is 0.319 e. The average Bonchev–Trinajstić information content (AvgIpc) is 3.90. The molecule has 0 aliphatic carbocycles. The highest BCUT2D eigenvalue weighted by Crippen LogP contribution is 2.40. The average molecular weight is 931 g/mol. The normalized spacial score (nSPS) is 22.1. The van der Waals surface area contributed by atoms with E-state index >= 15 is 4.39 Å². The number of aromatic hydroxyl groups is 1. The van der Waals surface area contributed by atoms with Gasteiger partial charge in [-0.25, -0.2) is 8.78 Å². The maximum atomic E-state index is 17.0. The van der Waals surface area contributed by atoms with Crippen molar-refractivity contribution in [3.05, 3.63) is 75.9 Å². The molecule has 3 N–H and O–H groups in total. The van der Waals surface area contributed by atoms with Crippen molar-refractivity contribution in [1.29, 1.82) is 0 Å². The summed E-state index contributed by atoms with van der Waals surface area (Å²) >= 11 is 6.79. The number of hydrogen-bond donors (Lipinski definition) is 3. The molecule has 6 aliphatic rings. The highest BCUT2D eigenvalue weighted by molar-refractivity contribution is 6.35. The lowest BCUT2D eigenvalue weighted by atomic mass is 9.82. The van der Waals surface area contributed by atoms with Crippen LogP contribution < -0.4 is 25.2 Å². The fourth-order valence-corrected chi connectivity index (χ4v) is 12.4.